The summed E-state index contributed by atoms with van der Waals surface area (Å²) in [4.78, 5) is 0. The van der Waals surface area contributed by atoms with Crippen molar-refractivity contribution in [2.75, 3.05) is 6.54 Å². The molecule has 1 heterocycles. The summed E-state index contributed by atoms with van der Waals surface area (Å²) in [7, 11) is 1.99. The van der Waals surface area contributed by atoms with Crippen molar-refractivity contribution < 1.29 is 0 Å². The van der Waals surface area contributed by atoms with Gasteiger partial charge < -0.3 is 5.32 Å². The zero-order chi connectivity index (χ0) is 14.5. The summed E-state index contributed by atoms with van der Waals surface area (Å²) < 4.78 is 4.15. The van der Waals surface area contributed by atoms with E-state index in [1.165, 1.54) is 11.3 Å². The monoisotopic (exact) mass is 399 g/mol. The smallest absolute Gasteiger partial charge is 0.0695 e. The molecule has 108 valence electrons. The Morgan fingerprint density at radius 3 is 2.60 bits per heavy atom. The van der Waals surface area contributed by atoms with Crippen LogP contribution in [0, 0.1) is 0 Å². The predicted molar refractivity (Wildman–Crippen MR) is 89.8 cm³/mol. The van der Waals surface area contributed by atoms with Crippen LogP contribution in [0.5, 0.6) is 0 Å². The highest BCUT2D eigenvalue weighted by molar-refractivity contribution is 9.10. The maximum absolute atomic E-state index is 4.33. The Balaban J connectivity index is 2.27. The van der Waals surface area contributed by atoms with Gasteiger partial charge in [-0.1, -0.05) is 41.1 Å². The molecule has 0 amide bonds. The van der Waals surface area contributed by atoms with Crippen LogP contribution in [0.25, 0.3) is 0 Å². The van der Waals surface area contributed by atoms with Crippen LogP contribution >= 0.6 is 31.9 Å². The maximum atomic E-state index is 4.33. The molecule has 0 fully saturated rings. The summed E-state index contributed by atoms with van der Waals surface area (Å²) >= 11 is 7.24. The molecule has 0 spiro atoms. The van der Waals surface area contributed by atoms with Gasteiger partial charge in [-0.3, -0.25) is 4.68 Å². The molecular weight excluding hydrogens is 382 g/mol. The molecule has 1 atom stereocenters. The van der Waals surface area contributed by atoms with Crippen LogP contribution < -0.4 is 5.32 Å². The fraction of sp³-hybridized carbons (Fsp3) is 0.400. The van der Waals surface area contributed by atoms with Crippen molar-refractivity contribution in [3.8, 4) is 0 Å². The summed E-state index contributed by atoms with van der Waals surface area (Å²) in [6, 6.07) is 8.62. The van der Waals surface area contributed by atoms with E-state index in [1.54, 1.807) is 0 Å². The molecule has 3 nitrogen and oxygen atoms in total. The van der Waals surface area contributed by atoms with E-state index in [2.05, 4.69) is 67.4 Å². The van der Waals surface area contributed by atoms with Crippen LogP contribution in [0.3, 0.4) is 0 Å². The fourth-order valence-electron chi connectivity index (χ4n) is 2.28. The lowest BCUT2D eigenvalue weighted by atomic mass is 10.0. The highest BCUT2D eigenvalue weighted by Crippen LogP contribution is 2.28. The van der Waals surface area contributed by atoms with Gasteiger partial charge in [0.25, 0.3) is 0 Å². The van der Waals surface area contributed by atoms with Crippen LogP contribution in [-0.2, 0) is 13.5 Å². The highest BCUT2D eigenvalue weighted by atomic mass is 79.9. The molecule has 20 heavy (non-hydrogen) atoms. The van der Waals surface area contributed by atoms with Crippen LogP contribution in [0.2, 0.25) is 0 Å². The first kappa shape index (κ1) is 15.7. The zero-order valence-electron chi connectivity index (χ0n) is 11.7. The summed E-state index contributed by atoms with van der Waals surface area (Å²) in [5.41, 5.74) is 2.49. The number of hydrogen-bond donors (Lipinski definition) is 1. The first-order valence-electron chi connectivity index (χ1n) is 6.77. The van der Waals surface area contributed by atoms with E-state index in [-0.39, 0.29) is 6.04 Å². The molecule has 1 unspecified atom stereocenters. The van der Waals surface area contributed by atoms with Crippen molar-refractivity contribution in [3.63, 3.8) is 0 Å². The Morgan fingerprint density at radius 1 is 1.25 bits per heavy atom. The largest absolute Gasteiger partial charge is 0.308 e. The third-order valence-electron chi connectivity index (χ3n) is 3.29. The number of aromatic nitrogens is 2. The Hall–Kier alpha value is -0.650. The molecule has 5 heteroatoms. The summed E-state index contributed by atoms with van der Waals surface area (Å²) in [6.45, 7) is 3.17. The molecule has 0 saturated carbocycles. The number of halogens is 2. The minimum atomic E-state index is 0.246. The molecule has 1 aromatic carbocycles. The molecule has 0 saturated heterocycles. The Kier molecular flexibility index (Phi) is 5.81. The number of benzene rings is 1. The van der Waals surface area contributed by atoms with E-state index in [0.29, 0.717) is 0 Å². The van der Waals surface area contributed by atoms with Crippen LogP contribution in [0.15, 0.2) is 39.4 Å². The second-order valence-corrected chi connectivity index (χ2v) is 6.51. The van der Waals surface area contributed by atoms with Gasteiger partial charge in [0.15, 0.2) is 0 Å². The van der Waals surface area contributed by atoms with Crippen molar-refractivity contribution >= 4 is 31.9 Å². The highest BCUT2D eigenvalue weighted by Gasteiger charge is 2.19. The molecular formula is C15H19Br2N3. The van der Waals surface area contributed by atoms with Crippen molar-refractivity contribution in [1.82, 2.24) is 15.1 Å². The lowest BCUT2D eigenvalue weighted by Crippen LogP contribution is -2.26. The van der Waals surface area contributed by atoms with Gasteiger partial charge in [0.05, 0.1) is 22.4 Å². The van der Waals surface area contributed by atoms with Crippen LogP contribution in [-0.4, -0.2) is 16.3 Å². The predicted octanol–water partition coefficient (Wildman–Crippen LogP) is 4.23. The molecule has 1 N–H and O–H groups in total. The summed E-state index contributed by atoms with van der Waals surface area (Å²) in [5.74, 6) is 0. The lowest BCUT2D eigenvalue weighted by molar-refractivity contribution is 0.491. The van der Waals surface area contributed by atoms with Gasteiger partial charge in [-0.25, -0.2) is 0 Å². The van der Waals surface area contributed by atoms with E-state index in [1.807, 2.05) is 24.0 Å². The molecule has 2 rings (SSSR count). The lowest BCUT2D eigenvalue weighted by Gasteiger charge is -2.20. The molecule has 0 aliphatic carbocycles. The number of nitrogens with zero attached hydrogens (tertiary/aromatic N) is 2. The topological polar surface area (TPSA) is 29.9 Å². The number of hydrogen-bond acceptors (Lipinski definition) is 2. The second kappa shape index (κ2) is 7.38. The van der Waals surface area contributed by atoms with Crippen LogP contribution in [0.4, 0.5) is 0 Å². The van der Waals surface area contributed by atoms with Crippen LogP contribution in [0.1, 0.15) is 30.6 Å². The standard InChI is InChI=1S/C15H19Br2N3/c1-3-8-18-14(15-13(17)10-19-20(15)2)9-11-6-4-5-7-12(11)16/h4-7,10,14,18H,3,8-9H2,1-2H3. The van der Waals surface area contributed by atoms with Gasteiger partial charge in [-0.2, -0.15) is 5.10 Å². The summed E-state index contributed by atoms with van der Waals surface area (Å²) in [6.07, 6.45) is 3.90. The number of rotatable bonds is 6. The van der Waals surface area contributed by atoms with Gasteiger partial charge in [0, 0.05) is 11.5 Å². The Morgan fingerprint density at radius 2 is 2.00 bits per heavy atom. The van der Waals surface area contributed by atoms with Gasteiger partial charge >= 0.3 is 0 Å². The van der Waals surface area contributed by atoms with Crippen molar-refractivity contribution in [1.29, 1.82) is 0 Å². The molecule has 0 aliphatic heterocycles. The van der Waals surface area contributed by atoms with Gasteiger partial charge in [0.2, 0.25) is 0 Å². The molecule has 1 aromatic heterocycles. The van der Waals surface area contributed by atoms with E-state index < -0.39 is 0 Å². The van der Waals surface area contributed by atoms with Gasteiger partial charge in [0.1, 0.15) is 0 Å². The average molecular weight is 401 g/mol. The average Bonchev–Trinajstić information content (AvgIpc) is 2.76. The molecule has 0 radical (unpaired) electrons. The zero-order valence-corrected chi connectivity index (χ0v) is 14.9. The quantitative estimate of drug-likeness (QED) is 0.786. The minimum Gasteiger partial charge on any atom is -0.308 e. The minimum absolute atomic E-state index is 0.246. The van der Waals surface area contributed by atoms with Crippen molar-refractivity contribution in [2.24, 2.45) is 7.05 Å². The molecule has 0 aliphatic rings. The number of nitrogens with one attached hydrogen (secondary N) is 1. The first-order valence-corrected chi connectivity index (χ1v) is 8.36. The Bertz CT molecular complexity index is 546. The van der Waals surface area contributed by atoms with Gasteiger partial charge in [-0.05, 0) is 46.9 Å². The third-order valence-corrected chi connectivity index (χ3v) is 4.67. The van der Waals surface area contributed by atoms with Gasteiger partial charge in [-0.15, -0.1) is 0 Å². The Labute approximate surface area is 137 Å². The number of aryl methyl sites for hydroxylation is 1. The fourth-order valence-corrected chi connectivity index (χ4v) is 3.35. The second-order valence-electron chi connectivity index (χ2n) is 4.80. The normalized spacial score (nSPS) is 12.6. The summed E-state index contributed by atoms with van der Waals surface area (Å²) in [5, 5.41) is 7.94. The van der Waals surface area contributed by atoms with E-state index in [0.717, 1.165) is 28.3 Å². The van der Waals surface area contributed by atoms with E-state index >= 15 is 0 Å². The van der Waals surface area contributed by atoms with E-state index in [4.69, 9.17) is 0 Å². The van der Waals surface area contributed by atoms with E-state index in [9.17, 15) is 0 Å². The molecule has 0 bridgehead atoms. The molecule has 2 aromatic rings. The van der Waals surface area contributed by atoms with Crippen molar-refractivity contribution in [3.05, 3.63) is 50.7 Å². The van der Waals surface area contributed by atoms with Crippen molar-refractivity contribution in [2.45, 2.75) is 25.8 Å². The SMILES string of the molecule is CCCNC(Cc1ccccc1Br)c1c(Br)cnn1C. The first-order chi connectivity index (χ1) is 9.63. The maximum Gasteiger partial charge on any atom is 0.0695 e. The third kappa shape index (κ3) is 3.71.